The van der Waals surface area contributed by atoms with Gasteiger partial charge in [0.05, 0.1) is 12.1 Å². The number of imide groups is 1. The number of likely N-dealkylation sites (tertiary alicyclic amines) is 1. The van der Waals surface area contributed by atoms with Gasteiger partial charge in [0, 0.05) is 38.3 Å². The summed E-state index contributed by atoms with van der Waals surface area (Å²) in [7, 11) is 0. The first-order valence-electron chi connectivity index (χ1n) is 12.8. The molecule has 0 spiro atoms. The number of nitrogens with zero attached hydrogens (tertiary/aromatic N) is 3. The monoisotopic (exact) mass is 485 g/mol. The van der Waals surface area contributed by atoms with Gasteiger partial charge in [-0.2, -0.15) is 0 Å². The van der Waals surface area contributed by atoms with Gasteiger partial charge < -0.3 is 0 Å². The minimum atomic E-state index is -0.395. The SMILES string of the molecule is O=C(c1ccc(F)cc1)N1CCCC[C@H](N2CCN(C(c3ccccc3)c3ccccc3)CC2)C1=O. The highest BCUT2D eigenvalue weighted by atomic mass is 19.1. The number of benzene rings is 3. The fourth-order valence-corrected chi connectivity index (χ4v) is 5.50. The van der Waals surface area contributed by atoms with Crippen molar-refractivity contribution in [2.45, 2.75) is 31.3 Å². The van der Waals surface area contributed by atoms with Gasteiger partial charge in [-0.3, -0.25) is 24.3 Å². The molecule has 0 aromatic heterocycles. The maximum Gasteiger partial charge on any atom is 0.260 e. The molecule has 2 heterocycles. The van der Waals surface area contributed by atoms with Crippen LogP contribution < -0.4 is 0 Å². The van der Waals surface area contributed by atoms with Crippen LogP contribution in [0.4, 0.5) is 4.39 Å². The van der Waals surface area contributed by atoms with E-state index in [4.69, 9.17) is 0 Å². The lowest BCUT2D eigenvalue weighted by Gasteiger charge is -2.42. The van der Waals surface area contributed by atoms with Crippen LogP contribution >= 0.6 is 0 Å². The van der Waals surface area contributed by atoms with Crippen molar-refractivity contribution in [3.63, 3.8) is 0 Å². The average molecular weight is 486 g/mol. The largest absolute Gasteiger partial charge is 0.290 e. The molecule has 3 aromatic carbocycles. The minimum Gasteiger partial charge on any atom is -0.290 e. The van der Waals surface area contributed by atoms with E-state index < -0.39 is 5.82 Å². The standard InChI is InChI=1S/C30H32FN3O2/c31-26-16-14-25(15-17-26)29(35)34-18-8-7-13-27(30(34)36)32-19-21-33(22-20-32)28(23-9-3-1-4-10-23)24-11-5-2-6-12-24/h1-6,9-12,14-17,27-28H,7-8,13,18-22H2/t27-/m0/s1. The van der Waals surface area contributed by atoms with Crippen LogP contribution in [0.3, 0.4) is 0 Å². The molecule has 2 aliphatic heterocycles. The number of carbonyl (C=O) groups excluding carboxylic acids is 2. The summed E-state index contributed by atoms with van der Waals surface area (Å²) < 4.78 is 13.3. The highest BCUT2D eigenvalue weighted by Crippen LogP contribution is 2.30. The smallest absolute Gasteiger partial charge is 0.260 e. The van der Waals surface area contributed by atoms with Crippen molar-refractivity contribution in [1.29, 1.82) is 0 Å². The number of hydrogen-bond donors (Lipinski definition) is 0. The normalized spacial score (nSPS) is 19.9. The van der Waals surface area contributed by atoms with Crippen molar-refractivity contribution in [3.8, 4) is 0 Å². The zero-order chi connectivity index (χ0) is 24.9. The summed E-state index contributed by atoms with van der Waals surface area (Å²) in [5.41, 5.74) is 2.88. The number of piperazine rings is 1. The quantitative estimate of drug-likeness (QED) is 0.489. The molecule has 2 fully saturated rings. The first-order chi connectivity index (χ1) is 17.6. The number of halogens is 1. The second kappa shape index (κ2) is 11.1. The molecule has 0 saturated carbocycles. The van der Waals surface area contributed by atoms with Crippen molar-refractivity contribution in [3.05, 3.63) is 107 Å². The van der Waals surface area contributed by atoms with E-state index in [2.05, 4.69) is 58.3 Å². The van der Waals surface area contributed by atoms with Crippen molar-refractivity contribution >= 4 is 11.8 Å². The van der Waals surface area contributed by atoms with Crippen molar-refractivity contribution in [2.75, 3.05) is 32.7 Å². The van der Waals surface area contributed by atoms with Crippen LogP contribution in [0, 0.1) is 5.82 Å². The molecule has 6 heteroatoms. The van der Waals surface area contributed by atoms with Crippen molar-refractivity contribution < 1.29 is 14.0 Å². The third-order valence-corrected chi connectivity index (χ3v) is 7.38. The summed E-state index contributed by atoms with van der Waals surface area (Å²) in [4.78, 5) is 32.8. The lowest BCUT2D eigenvalue weighted by atomic mass is 9.96. The Morgan fingerprint density at radius 3 is 1.92 bits per heavy atom. The third-order valence-electron chi connectivity index (χ3n) is 7.38. The van der Waals surface area contributed by atoms with Crippen LogP contribution in [0.25, 0.3) is 0 Å². The Morgan fingerprint density at radius 1 is 0.750 bits per heavy atom. The molecular weight excluding hydrogens is 453 g/mol. The van der Waals surface area contributed by atoms with Gasteiger partial charge in [0.1, 0.15) is 5.82 Å². The molecule has 0 aliphatic carbocycles. The number of carbonyl (C=O) groups is 2. The average Bonchev–Trinajstić information content (AvgIpc) is 3.12. The van der Waals surface area contributed by atoms with Crippen molar-refractivity contribution in [1.82, 2.24) is 14.7 Å². The predicted molar refractivity (Wildman–Crippen MR) is 138 cm³/mol. The first-order valence-corrected chi connectivity index (χ1v) is 12.8. The van der Waals surface area contributed by atoms with Gasteiger partial charge in [-0.15, -0.1) is 0 Å². The Bertz CT molecular complexity index is 1120. The van der Waals surface area contributed by atoms with E-state index in [-0.39, 0.29) is 23.9 Å². The molecule has 0 bridgehead atoms. The fourth-order valence-electron chi connectivity index (χ4n) is 5.50. The van der Waals surface area contributed by atoms with Gasteiger partial charge in [0.2, 0.25) is 5.91 Å². The van der Waals surface area contributed by atoms with Crippen LogP contribution in [-0.2, 0) is 4.79 Å². The van der Waals surface area contributed by atoms with E-state index in [1.807, 2.05) is 12.1 Å². The molecule has 36 heavy (non-hydrogen) atoms. The van der Waals surface area contributed by atoms with Crippen LogP contribution in [0.2, 0.25) is 0 Å². The van der Waals surface area contributed by atoms with E-state index in [9.17, 15) is 14.0 Å². The van der Waals surface area contributed by atoms with Crippen LogP contribution in [-0.4, -0.2) is 65.3 Å². The summed E-state index contributed by atoms with van der Waals surface area (Å²) in [6, 6.07) is 26.4. The fraction of sp³-hybridized carbons (Fsp3) is 0.333. The predicted octanol–water partition coefficient (Wildman–Crippen LogP) is 4.75. The molecule has 2 amide bonds. The van der Waals surface area contributed by atoms with Gasteiger partial charge in [-0.05, 0) is 54.7 Å². The minimum absolute atomic E-state index is 0.127. The lowest BCUT2D eigenvalue weighted by Crippen LogP contribution is -2.56. The lowest BCUT2D eigenvalue weighted by molar-refractivity contribution is -0.134. The van der Waals surface area contributed by atoms with Gasteiger partial charge in [0.25, 0.3) is 5.91 Å². The van der Waals surface area contributed by atoms with E-state index >= 15 is 0 Å². The Kier molecular flexibility index (Phi) is 7.54. The molecule has 2 saturated heterocycles. The highest BCUT2D eigenvalue weighted by Gasteiger charge is 2.37. The molecule has 0 unspecified atom stereocenters. The topological polar surface area (TPSA) is 43.9 Å². The summed E-state index contributed by atoms with van der Waals surface area (Å²) >= 11 is 0. The summed E-state index contributed by atoms with van der Waals surface area (Å²) in [6.07, 6.45) is 2.45. The van der Waals surface area contributed by atoms with E-state index in [1.54, 1.807) is 0 Å². The van der Waals surface area contributed by atoms with E-state index in [0.717, 1.165) is 45.4 Å². The van der Waals surface area contributed by atoms with E-state index in [0.29, 0.717) is 12.1 Å². The molecule has 0 radical (unpaired) electrons. The molecule has 2 aliphatic rings. The third kappa shape index (κ3) is 5.25. The number of amides is 2. The van der Waals surface area contributed by atoms with Gasteiger partial charge in [-0.1, -0.05) is 60.7 Å². The van der Waals surface area contributed by atoms with Crippen LogP contribution in [0.5, 0.6) is 0 Å². The molecule has 5 nitrogen and oxygen atoms in total. The Hall–Kier alpha value is -3.35. The molecular formula is C30H32FN3O2. The molecule has 3 aromatic rings. The number of hydrogen-bond acceptors (Lipinski definition) is 4. The summed E-state index contributed by atoms with van der Waals surface area (Å²) in [5.74, 6) is -0.856. The second-order valence-electron chi connectivity index (χ2n) is 9.61. The van der Waals surface area contributed by atoms with Crippen molar-refractivity contribution in [2.24, 2.45) is 0 Å². The second-order valence-corrected chi connectivity index (χ2v) is 9.61. The van der Waals surface area contributed by atoms with Gasteiger partial charge in [-0.25, -0.2) is 4.39 Å². The first kappa shape index (κ1) is 24.3. The van der Waals surface area contributed by atoms with Crippen LogP contribution in [0.1, 0.15) is 46.8 Å². The molecule has 0 N–H and O–H groups in total. The summed E-state index contributed by atoms with van der Waals surface area (Å²) in [6.45, 7) is 3.63. The zero-order valence-electron chi connectivity index (χ0n) is 20.4. The van der Waals surface area contributed by atoms with E-state index in [1.165, 1.54) is 40.3 Å². The Labute approximate surface area is 212 Å². The summed E-state index contributed by atoms with van der Waals surface area (Å²) in [5, 5.41) is 0. The van der Waals surface area contributed by atoms with Gasteiger partial charge >= 0.3 is 0 Å². The number of rotatable bonds is 5. The molecule has 186 valence electrons. The van der Waals surface area contributed by atoms with Gasteiger partial charge in [0.15, 0.2) is 0 Å². The molecule has 5 rings (SSSR count). The zero-order valence-corrected chi connectivity index (χ0v) is 20.4. The van der Waals surface area contributed by atoms with Crippen LogP contribution in [0.15, 0.2) is 84.9 Å². The maximum atomic E-state index is 13.6. The molecule has 1 atom stereocenters. The maximum absolute atomic E-state index is 13.6. The highest BCUT2D eigenvalue weighted by molar-refractivity contribution is 6.06. The Morgan fingerprint density at radius 2 is 1.33 bits per heavy atom. The Balaban J connectivity index is 1.30.